The van der Waals surface area contributed by atoms with Gasteiger partial charge >= 0.3 is 0 Å². The molecule has 0 spiro atoms. The van der Waals surface area contributed by atoms with Crippen LogP contribution in [0, 0.1) is 5.92 Å². The SMILES string of the molecule is COc1cccc(C(=O)Nc2ccc(N3CCCC(C)C3)cn2)c1. The Labute approximate surface area is 142 Å². The lowest BCUT2D eigenvalue weighted by atomic mass is 10.00. The molecule has 2 heterocycles. The second-order valence-electron chi connectivity index (χ2n) is 6.28. The van der Waals surface area contributed by atoms with Crippen molar-refractivity contribution in [3.05, 3.63) is 48.2 Å². The second-order valence-corrected chi connectivity index (χ2v) is 6.28. The number of carbonyl (C=O) groups is 1. The van der Waals surface area contributed by atoms with E-state index >= 15 is 0 Å². The number of methoxy groups -OCH3 is 1. The van der Waals surface area contributed by atoms with Crippen molar-refractivity contribution in [3.8, 4) is 5.75 Å². The summed E-state index contributed by atoms with van der Waals surface area (Å²) in [6.07, 6.45) is 4.34. The van der Waals surface area contributed by atoms with Crippen molar-refractivity contribution < 1.29 is 9.53 Å². The number of anilines is 2. The van der Waals surface area contributed by atoms with E-state index in [0.29, 0.717) is 23.0 Å². The molecule has 1 aliphatic heterocycles. The van der Waals surface area contributed by atoms with Crippen LogP contribution in [0.4, 0.5) is 11.5 Å². The van der Waals surface area contributed by atoms with Gasteiger partial charge < -0.3 is 15.0 Å². The molecule has 5 heteroatoms. The Kier molecular flexibility index (Phi) is 4.99. The average Bonchev–Trinajstić information content (AvgIpc) is 2.62. The summed E-state index contributed by atoms with van der Waals surface area (Å²) in [5.41, 5.74) is 1.66. The third-order valence-electron chi connectivity index (χ3n) is 4.34. The molecule has 2 aromatic rings. The van der Waals surface area contributed by atoms with E-state index in [1.54, 1.807) is 25.3 Å². The van der Waals surface area contributed by atoms with E-state index in [1.165, 1.54) is 12.8 Å². The van der Waals surface area contributed by atoms with Crippen molar-refractivity contribution in [1.29, 1.82) is 0 Å². The Morgan fingerprint density at radius 1 is 1.33 bits per heavy atom. The molecule has 1 aromatic heterocycles. The molecule has 5 nitrogen and oxygen atoms in total. The van der Waals surface area contributed by atoms with Gasteiger partial charge in [0.15, 0.2) is 0 Å². The zero-order chi connectivity index (χ0) is 16.9. The minimum absolute atomic E-state index is 0.194. The normalized spacial score (nSPS) is 17.4. The highest BCUT2D eigenvalue weighted by Crippen LogP contribution is 2.23. The Balaban J connectivity index is 1.66. The number of carbonyl (C=O) groups excluding carboxylic acids is 1. The van der Waals surface area contributed by atoms with E-state index in [4.69, 9.17) is 4.74 Å². The summed E-state index contributed by atoms with van der Waals surface area (Å²) in [4.78, 5) is 19.0. The molecule has 1 aromatic carbocycles. The van der Waals surface area contributed by atoms with Crippen molar-refractivity contribution >= 4 is 17.4 Å². The summed E-state index contributed by atoms with van der Waals surface area (Å²) in [7, 11) is 1.58. The lowest BCUT2D eigenvalue weighted by molar-refractivity contribution is 0.102. The van der Waals surface area contributed by atoms with Crippen LogP contribution >= 0.6 is 0 Å². The first-order chi connectivity index (χ1) is 11.7. The number of benzene rings is 1. The van der Waals surface area contributed by atoms with Gasteiger partial charge in [-0.15, -0.1) is 0 Å². The molecule has 1 amide bonds. The van der Waals surface area contributed by atoms with Crippen molar-refractivity contribution in [2.45, 2.75) is 19.8 Å². The topological polar surface area (TPSA) is 54.5 Å². The molecule has 24 heavy (non-hydrogen) atoms. The number of pyridine rings is 1. The van der Waals surface area contributed by atoms with E-state index in [1.807, 2.05) is 24.4 Å². The number of nitrogens with one attached hydrogen (secondary N) is 1. The molecular weight excluding hydrogens is 302 g/mol. The quantitative estimate of drug-likeness (QED) is 0.933. The largest absolute Gasteiger partial charge is 0.497 e. The summed E-state index contributed by atoms with van der Waals surface area (Å²) in [6, 6.07) is 10.9. The molecule has 1 atom stereocenters. The third kappa shape index (κ3) is 3.85. The molecule has 0 bridgehead atoms. The smallest absolute Gasteiger partial charge is 0.256 e. The Bertz CT molecular complexity index is 700. The minimum Gasteiger partial charge on any atom is -0.497 e. The van der Waals surface area contributed by atoms with Gasteiger partial charge in [0.25, 0.3) is 5.91 Å². The van der Waals surface area contributed by atoms with Crippen LogP contribution in [-0.4, -0.2) is 31.1 Å². The molecule has 1 aliphatic rings. The number of amides is 1. The van der Waals surface area contributed by atoms with Crippen LogP contribution in [0.15, 0.2) is 42.6 Å². The molecule has 0 radical (unpaired) electrons. The summed E-state index contributed by atoms with van der Waals surface area (Å²) in [6.45, 7) is 4.42. The number of rotatable bonds is 4. The van der Waals surface area contributed by atoms with Gasteiger partial charge in [-0.25, -0.2) is 4.98 Å². The van der Waals surface area contributed by atoms with Gasteiger partial charge in [-0.1, -0.05) is 13.0 Å². The number of ether oxygens (including phenoxy) is 1. The van der Waals surface area contributed by atoms with E-state index in [0.717, 1.165) is 18.8 Å². The molecule has 3 rings (SSSR count). The number of piperidine rings is 1. The van der Waals surface area contributed by atoms with E-state index < -0.39 is 0 Å². The molecule has 0 saturated carbocycles. The zero-order valence-corrected chi connectivity index (χ0v) is 14.2. The number of hydrogen-bond donors (Lipinski definition) is 1. The van der Waals surface area contributed by atoms with Gasteiger partial charge in [0.05, 0.1) is 19.0 Å². The van der Waals surface area contributed by atoms with E-state index in [9.17, 15) is 4.79 Å². The summed E-state index contributed by atoms with van der Waals surface area (Å²) < 4.78 is 5.15. The summed E-state index contributed by atoms with van der Waals surface area (Å²) in [5.74, 6) is 1.73. The third-order valence-corrected chi connectivity index (χ3v) is 4.34. The Hall–Kier alpha value is -2.56. The molecule has 126 valence electrons. The predicted molar refractivity (Wildman–Crippen MR) is 95.8 cm³/mol. The lowest BCUT2D eigenvalue weighted by Gasteiger charge is -2.32. The van der Waals surface area contributed by atoms with Gasteiger partial charge in [0.1, 0.15) is 11.6 Å². The molecule has 1 fully saturated rings. The first-order valence-corrected chi connectivity index (χ1v) is 8.32. The first kappa shape index (κ1) is 16.3. The van der Waals surface area contributed by atoms with Crippen LogP contribution in [0.2, 0.25) is 0 Å². The van der Waals surface area contributed by atoms with Crippen LogP contribution in [0.1, 0.15) is 30.1 Å². The van der Waals surface area contributed by atoms with Gasteiger partial charge in [-0.05, 0) is 49.1 Å². The Morgan fingerprint density at radius 3 is 2.92 bits per heavy atom. The summed E-state index contributed by atoms with van der Waals surface area (Å²) in [5, 5.41) is 2.82. The zero-order valence-electron chi connectivity index (χ0n) is 14.2. The fourth-order valence-electron chi connectivity index (χ4n) is 3.02. The van der Waals surface area contributed by atoms with Crippen molar-refractivity contribution in [2.75, 3.05) is 30.4 Å². The maximum absolute atomic E-state index is 12.3. The number of aromatic nitrogens is 1. The van der Waals surface area contributed by atoms with Crippen LogP contribution in [0.3, 0.4) is 0 Å². The minimum atomic E-state index is -0.194. The highest BCUT2D eigenvalue weighted by Gasteiger charge is 2.17. The molecule has 1 N–H and O–H groups in total. The first-order valence-electron chi connectivity index (χ1n) is 8.32. The van der Waals surface area contributed by atoms with Crippen LogP contribution < -0.4 is 15.0 Å². The van der Waals surface area contributed by atoms with Gasteiger partial charge in [0.2, 0.25) is 0 Å². The van der Waals surface area contributed by atoms with Gasteiger partial charge in [0, 0.05) is 18.7 Å². The fraction of sp³-hybridized carbons (Fsp3) is 0.368. The van der Waals surface area contributed by atoms with Gasteiger partial charge in [-0.2, -0.15) is 0 Å². The van der Waals surface area contributed by atoms with Crippen LogP contribution in [-0.2, 0) is 0 Å². The molecular formula is C19H23N3O2. The standard InChI is InChI=1S/C19H23N3O2/c1-14-5-4-10-22(13-14)16-8-9-18(20-12-16)21-19(23)15-6-3-7-17(11-15)24-2/h3,6-9,11-12,14H,4-5,10,13H2,1-2H3,(H,20,21,23). The maximum atomic E-state index is 12.3. The fourth-order valence-corrected chi connectivity index (χ4v) is 3.02. The van der Waals surface area contributed by atoms with Crippen LogP contribution in [0.5, 0.6) is 5.75 Å². The van der Waals surface area contributed by atoms with Crippen LogP contribution in [0.25, 0.3) is 0 Å². The highest BCUT2D eigenvalue weighted by atomic mass is 16.5. The highest BCUT2D eigenvalue weighted by molar-refractivity contribution is 6.04. The van der Waals surface area contributed by atoms with Crippen molar-refractivity contribution in [2.24, 2.45) is 5.92 Å². The van der Waals surface area contributed by atoms with Crippen molar-refractivity contribution in [3.63, 3.8) is 0 Å². The molecule has 0 aliphatic carbocycles. The molecule has 1 unspecified atom stereocenters. The number of hydrogen-bond acceptors (Lipinski definition) is 4. The average molecular weight is 325 g/mol. The summed E-state index contributed by atoms with van der Waals surface area (Å²) >= 11 is 0. The predicted octanol–water partition coefficient (Wildman–Crippen LogP) is 3.58. The maximum Gasteiger partial charge on any atom is 0.256 e. The van der Waals surface area contributed by atoms with E-state index in [2.05, 4.69) is 22.1 Å². The Morgan fingerprint density at radius 2 is 2.21 bits per heavy atom. The second kappa shape index (κ2) is 7.34. The number of nitrogens with zero attached hydrogens (tertiary/aromatic N) is 2. The van der Waals surface area contributed by atoms with E-state index in [-0.39, 0.29) is 5.91 Å². The van der Waals surface area contributed by atoms with Gasteiger partial charge in [-0.3, -0.25) is 4.79 Å². The lowest BCUT2D eigenvalue weighted by Crippen LogP contribution is -2.34. The molecule has 1 saturated heterocycles. The monoisotopic (exact) mass is 325 g/mol. The van der Waals surface area contributed by atoms with Crippen molar-refractivity contribution in [1.82, 2.24) is 4.98 Å².